The minimum Gasteiger partial charge on any atom is -0.351 e. The molecule has 1 aliphatic rings. The van der Waals surface area contributed by atoms with Crippen molar-refractivity contribution in [2.24, 2.45) is 22.1 Å². The van der Waals surface area contributed by atoms with Gasteiger partial charge >= 0.3 is 0 Å². The van der Waals surface area contributed by atoms with Crippen molar-refractivity contribution in [3.8, 4) is 0 Å². The summed E-state index contributed by atoms with van der Waals surface area (Å²) in [7, 11) is -3.47. The van der Waals surface area contributed by atoms with Crippen LogP contribution in [0.4, 0.5) is 4.39 Å². The Morgan fingerprint density at radius 1 is 1.18 bits per heavy atom. The van der Waals surface area contributed by atoms with Gasteiger partial charge in [0.05, 0.1) is 10.9 Å². The summed E-state index contributed by atoms with van der Waals surface area (Å²) in [6.07, 6.45) is 7.01. The molecule has 2 aromatic rings. The number of benzene rings is 2. The van der Waals surface area contributed by atoms with E-state index in [1.807, 2.05) is 20.8 Å². The highest BCUT2D eigenvalue weighted by atomic mass is 32.2. The van der Waals surface area contributed by atoms with Crippen LogP contribution in [-0.2, 0) is 9.84 Å². The zero-order valence-corrected chi connectivity index (χ0v) is 25.4. The van der Waals surface area contributed by atoms with E-state index in [2.05, 4.69) is 24.5 Å². The molecule has 1 amide bonds. The third-order valence-corrected chi connectivity index (χ3v) is 9.13. The maximum Gasteiger partial charge on any atom is 0.257 e. The minimum absolute atomic E-state index is 0.0651. The van der Waals surface area contributed by atoms with Gasteiger partial charge in [-0.05, 0) is 87.3 Å². The molecule has 0 saturated heterocycles. The first-order chi connectivity index (χ1) is 18.6. The predicted molar refractivity (Wildman–Crippen MR) is 159 cm³/mol. The zero-order chi connectivity index (χ0) is 29.7. The van der Waals surface area contributed by atoms with Gasteiger partial charge in [0, 0.05) is 23.4 Å². The van der Waals surface area contributed by atoms with Crippen LogP contribution >= 0.6 is 0 Å². The van der Waals surface area contributed by atoms with E-state index in [1.54, 1.807) is 24.3 Å². The molecule has 1 aliphatic carbocycles. The number of hydrogen-bond donors (Lipinski definition) is 3. The largest absolute Gasteiger partial charge is 0.351 e. The summed E-state index contributed by atoms with van der Waals surface area (Å²) in [5.41, 5.74) is 7.39. The SMILES string of the molecule is CCC1(C)CCCCC1C(CC(N)c1ccc(F)cc1)N=C(NC(=O)c1cccc(S(C)(=O)=O)c1)NC(C)(C)C. The van der Waals surface area contributed by atoms with Crippen molar-refractivity contribution in [1.82, 2.24) is 10.6 Å². The van der Waals surface area contributed by atoms with E-state index in [9.17, 15) is 17.6 Å². The van der Waals surface area contributed by atoms with Gasteiger partial charge in [-0.3, -0.25) is 10.1 Å². The van der Waals surface area contributed by atoms with Crippen molar-refractivity contribution < 1.29 is 17.6 Å². The van der Waals surface area contributed by atoms with Crippen molar-refractivity contribution in [2.75, 3.05) is 6.26 Å². The Morgan fingerprint density at radius 2 is 1.85 bits per heavy atom. The zero-order valence-electron chi connectivity index (χ0n) is 24.6. The lowest BCUT2D eigenvalue weighted by Crippen LogP contribution is -2.51. The number of carbonyl (C=O) groups is 1. The molecule has 4 N–H and O–H groups in total. The van der Waals surface area contributed by atoms with Crippen LogP contribution in [0.2, 0.25) is 0 Å². The van der Waals surface area contributed by atoms with Gasteiger partial charge < -0.3 is 11.1 Å². The molecule has 7 nitrogen and oxygen atoms in total. The van der Waals surface area contributed by atoms with Gasteiger partial charge in [0.1, 0.15) is 5.82 Å². The first kappa shape index (κ1) is 31.7. The van der Waals surface area contributed by atoms with E-state index in [4.69, 9.17) is 10.7 Å². The first-order valence-corrected chi connectivity index (χ1v) is 16.0. The van der Waals surface area contributed by atoms with Gasteiger partial charge in [-0.2, -0.15) is 0 Å². The number of nitrogens with zero attached hydrogens (tertiary/aromatic N) is 1. The molecule has 0 aliphatic heterocycles. The van der Waals surface area contributed by atoms with Crippen LogP contribution < -0.4 is 16.4 Å². The standard InChI is InChI=1S/C31H45FN4O3S/c1-7-31(5)18-9-8-13-25(31)27(20-26(33)21-14-16-23(32)17-15-21)34-29(36-30(2,3)4)35-28(37)22-11-10-12-24(19-22)40(6,38)39/h10-12,14-17,19,25-27H,7-9,13,18,20,33H2,1-6H3,(H2,34,35,36,37). The number of sulfone groups is 1. The van der Waals surface area contributed by atoms with Crippen LogP contribution in [0, 0.1) is 17.2 Å². The van der Waals surface area contributed by atoms with Gasteiger partial charge in [-0.15, -0.1) is 0 Å². The molecule has 0 radical (unpaired) electrons. The molecule has 0 bridgehead atoms. The third kappa shape index (κ3) is 8.61. The maximum absolute atomic E-state index is 13.6. The van der Waals surface area contributed by atoms with E-state index < -0.39 is 21.3 Å². The molecule has 220 valence electrons. The molecule has 4 atom stereocenters. The summed E-state index contributed by atoms with van der Waals surface area (Å²) in [6.45, 7) is 10.5. The van der Waals surface area contributed by atoms with Crippen LogP contribution in [-0.4, -0.2) is 38.1 Å². The Morgan fingerprint density at radius 3 is 2.45 bits per heavy atom. The average Bonchev–Trinajstić information content (AvgIpc) is 2.87. The summed E-state index contributed by atoms with van der Waals surface area (Å²) >= 11 is 0. The Kier molecular flexibility index (Phi) is 10.2. The second kappa shape index (κ2) is 12.8. The molecule has 2 aromatic carbocycles. The van der Waals surface area contributed by atoms with E-state index >= 15 is 0 Å². The highest BCUT2D eigenvalue weighted by Gasteiger charge is 2.40. The molecule has 3 rings (SSSR count). The van der Waals surface area contributed by atoms with E-state index in [1.165, 1.54) is 30.7 Å². The molecule has 1 fully saturated rings. The Balaban J connectivity index is 2.02. The lowest BCUT2D eigenvalue weighted by atomic mass is 9.62. The van der Waals surface area contributed by atoms with Crippen LogP contribution in [0.1, 0.15) is 95.1 Å². The lowest BCUT2D eigenvalue weighted by Gasteiger charge is -2.45. The molecule has 9 heteroatoms. The van der Waals surface area contributed by atoms with Crippen molar-refractivity contribution in [1.29, 1.82) is 0 Å². The molecule has 4 unspecified atom stereocenters. The fourth-order valence-corrected chi connectivity index (χ4v) is 6.27. The smallest absolute Gasteiger partial charge is 0.257 e. The average molecular weight is 573 g/mol. The number of amides is 1. The fourth-order valence-electron chi connectivity index (χ4n) is 5.60. The maximum atomic E-state index is 13.6. The number of nitrogens with two attached hydrogens (primary N) is 1. The van der Waals surface area contributed by atoms with E-state index in [0.29, 0.717) is 12.4 Å². The number of aliphatic imine (C=N–C) groups is 1. The Labute approximate surface area is 239 Å². The summed E-state index contributed by atoms with van der Waals surface area (Å²) in [5, 5.41) is 6.27. The van der Waals surface area contributed by atoms with Crippen LogP contribution in [0.5, 0.6) is 0 Å². The van der Waals surface area contributed by atoms with E-state index in [-0.39, 0.29) is 39.7 Å². The van der Waals surface area contributed by atoms with Crippen molar-refractivity contribution in [2.45, 2.75) is 95.7 Å². The van der Waals surface area contributed by atoms with Gasteiger partial charge in [0.2, 0.25) is 0 Å². The molecular weight excluding hydrogens is 527 g/mol. The third-order valence-electron chi connectivity index (χ3n) is 8.02. The quantitative estimate of drug-likeness (QED) is 0.275. The van der Waals surface area contributed by atoms with Gasteiger partial charge in [0.25, 0.3) is 5.91 Å². The second-order valence-electron chi connectivity index (χ2n) is 12.4. The van der Waals surface area contributed by atoms with Crippen LogP contribution in [0.15, 0.2) is 58.4 Å². The van der Waals surface area contributed by atoms with Gasteiger partial charge in [-0.1, -0.05) is 51.3 Å². The van der Waals surface area contributed by atoms with Crippen molar-refractivity contribution in [3.63, 3.8) is 0 Å². The van der Waals surface area contributed by atoms with Gasteiger partial charge in [0.15, 0.2) is 15.8 Å². The molecule has 0 spiro atoms. The van der Waals surface area contributed by atoms with Crippen molar-refractivity contribution in [3.05, 3.63) is 65.5 Å². The monoisotopic (exact) mass is 572 g/mol. The summed E-state index contributed by atoms with van der Waals surface area (Å²) in [5.74, 6) is -0.206. The highest BCUT2D eigenvalue weighted by Crippen LogP contribution is 2.47. The van der Waals surface area contributed by atoms with Crippen molar-refractivity contribution >= 4 is 21.7 Å². The second-order valence-corrected chi connectivity index (χ2v) is 14.4. The summed E-state index contributed by atoms with van der Waals surface area (Å²) in [6, 6.07) is 11.7. The number of guanidine groups is 1. The number of hydrogen-bond acceptors (Lipinski definition) is 5. The molecular formula is C31H45FN4O3S. The minimum atomic E-state index is -3.47. The van der Waals surface area contributed by atoms with Crippen LogP contribution in [0.3, 0.4) is 0 Å². The number of carbonyl (C=O) groups excluding carboxylic acids is 1. The lowest BCUT2D eigenvalue weighted by molar-refractivity contribution is 0.0830. The number of rotatable bonds is 8. The van der Waals surface area contributed by atoms with E-state index in [0.717, 1.165) is 37.5 Å². The Bertz CT molecular complexity index is 1300. The van der Waals surface area contributed by atoms with Crippen LogP contribution in [0.25, 0.3) is 0 Å². The molecule has 0 aromatic heterocycles. The summed E-state index contributed by atoms with van der Waals surface area (Å²) < 4.78 is 37.7. The fraction of sp³-hybridized carbons (Fsp3) is 0.548. The molecule has 1 saturated carbocycles. The summed E-state index contributed by atoms with van der Waals surface area (Å²) in [4.78, 5) is 18.6. The molecule has 40 heavy (non-hydrogen) atoms. The Hall–Kier alpha value is -2.78. The normalized spacial score (nSPS) is 21.9. The first-order valence-electron chi connectivity index (χ1n) is 14.1. The topological polar surface area (TPSA) is 114 Å². The highest BCUT2D eigenvalue weighted by molar-refractivity contribution is 7.90. The molecule has 0 heterocycles. The number of nitrogens with one attached hydrogen (secondary N) is 2. The number of halogens is 1. The predicted octanol–water partition coefficient (Wildman–Crippen LogP) is 5.77. The van der Waals surface area contributed by atoms with Gasteiger partial charge in [-0.25, -0.2) is 17.8 Å².